The number of nitrogens with zero attached hydrogens (tertiary/aromatic N) is 5. The normalized spacial score (nSPS) is 15.3. The smallest absolute Gasteiger partial charge is 0.264 e. The van der Waals surface area contributed by atoms with E-state index in [2.05, 4.69) is 23.1 Å². The fraction of sp³-hybridized carbons (Fsp3) is 0.429. The molecule has 1 saturated heterocycles. The maximum absolute atomic E-state index is 12.9. The van der Waals surface area contributed by atoms with Crippen molar-refractivity contribution in [1.29, 1.82) is 0 Å². The van der Waals surface area contributed by atoms with Crippen molar-refractivity contribution in [3.05, 3.63) is 52.2 Å². The van der Waals surface area contributed by atoms with E-state index < -0.39 is 0 Å². The molecule has 0 unspecified atom stereocenters. The summed E-state index contributed by atoms with van der Waals surface area (Å²) in [7, 11) is 0. The van der Waals surface area contributed by atoms with Crippen LogP contribution in [0.2, 0.25) is 0 Å². The molecule has 1 aliphatic heterocycles. The molecule has 0 radical (unpaired) electrons. The lowest BCUT2D eigenvalue weighted by Gasteiger charge is -2.30. The van der Waals surface area contributed by atoms with Crippen LogP contribution in [0.5, 0.6) is 0 Å². The molecular formula is C21H25N5O2. The second-order valence-corrected chi connectivity index (χ2v) is 7.82. The SMILES string of the molecule is Cc1ccc(-n2ncc3c(=O)n(CC(=O)N4CCC(C)CC4)cnc32)c(C)c1. The molecule has 7 heteroatoms. The fourth-order valence-electron chi connectivity index (χ4n) is 3.78. The monoisotopic (exact) mass is 379 g/mol. The van der Waals surface area contributed by atoms with Crippen molar-refractivity contribution in [2.45, 2.75) is 40.2 Å². The minimum atomic E-state index is -0.236. The molecule has 0 atom stereocenters. The Kier molecular flexibility index (Phi) is 4.75. The van der Waals surface area contributed by atoms with Crippen LogP contribution in [0.15, 0.2) is 35.5 Å². The summed E-state index contributed by atoms with van der Waals surface area (Å²) < 4.78 is 3.07. The Labute approximate surface area is 163 Å². The van der Waals surface area contributed by atoms with E-state index >= 15 is 0 Å². The lowest BCUT2D eigenvalue weighted by atomic mass is 9.99. The average Bonchev–Trinajstić information content (AvgIpc) is 3.09. The van der Waals surface area contributed by atoms with Gasteiger partial charge in [0.25, 0.3) is 5.56 Å². The molecule has 0 aliphatic carbocycles. The molecule has 0 N–H and O–H groups in total. The van der Waals surface area contributed by atoms with Crippen LogP contribution in [0.4, 0.5) is 0 Å². The molecule has 3 heterocycles. The van der Waals surface area contributed by atoms with Crippen molar-refractivity contribution < 1.29 is 4.79 Å². The molecule has 1 amide bonds. The molecule has 1 aliphatic rings. The van der Waals surface area contributed by atoms with Gasteiger partial charge in [-0.3, -0.25) is 14.2 Å². The molecule has 3 aromatic rings. The highest BCUT2D eigenvalue weighted by Crippen LogP contribution is 2.19. The number of likely N-dealkylation sites (tertiary alicyclic amines) is 1. The fourth-order valence-corrected chi connectivity index (χ4v) is 3.78. The second-order valence-electron chi connectivity index (χ2n) is 7.82. The Morgan fingerprint density at radius 3 is 2.68 bits per heavy atom. The molecule has 146 valence electrons. The van der Waals surface area contributed by atoms with E-state index in [0.717, 1.165) is 37.2 Å². The maximum atomic E-state index is 12.9. The van der Waals surface area contributed by atoms with Gasteiger partial charge in [0.2, 0.25) is 5.91 Å². The number of benzene rings is 1. The first kappa shape index (κ1) is 18.4. The molecule has 28 heavy (non-hydrogen) atoms. The number of aromatic nitrogens is 4. The van der Waals surface area contributed by atoms with Gasteiger partial charge in [-0.25, -0.2) is 9.67 Å². The number of rotatable bonds is 3. The summed E-state index contributed by atoms with van der Waals surface area (Å²) in [6.45, 7) is 7.79. The van der Waals surface area contributed by atoms with E-state index in [9.17, 15) is 9.59 Å². The third-order valence-corrected chi connectivity index (χ3v) is 5.58. The van der Waals surface area contributed by atoms with Gasteiger partial charge < -0.3 is 4.90 Å². The van der Waals surface area contributed by atoms with Crippen LogP contribution in [-0.4, -0.2) is 43.2 Å². The second kappa shape index (κ2) is 7.22. The van der Waals surface area contributed by atoms with Gasteiger partial charge in [-0.2, -0.15) is 5.10 Å². The summed E-state index contributed by atoms with van der Waals surface area (Å²) in [4.78, 5) is 31.8. The first-order valence-corrected chi connectivity index (χ1v) is 9.72. The molecule has 1 aromatic carbocycles. The van der Waals surface area contributed by atoms with E-state index in [1.165, 1.54) is 22.7 Å². The summed E-state index contributed by atoms with van der Waals surface area (Å²) in [6.07, 6.45) is 5.02. The molecule has 2 aromatic heterocycles. The lowest BCUT2D eigenvalue weighted by molar-refractivity contribution is -0.133. The minimum Gasteiger partial charge on any atom is -0.341 e. The van der Waals surface area contributed by atoms with Crippen LogP contribution in [0.3, 0.4) is 0 Å². The number of hydrogen-bond acceptors (Lipinski definition) is 4. The first-order valence-electron chi connectivity index (χ1n) is 9.72. The number of hydrogen-bond donors (Lipinski definition) is 0. The molecule has 4 rings (SSSR count). The van der Waals surface area contributed by atoms with Crippen molar-refractivity contribution in [1.82, 2.24) is 24.2 Å². The van der Waals surface area contributed by atoms with Crippen molar-refractivity contribution in [2.75, 3.05) is 13.1 Å². The Hall–Kier alpha value is -2.96. The highest BCUT2D eigenvalue weighted by atomic mass is 16.2. The Bertz CT molecular complexity index is 1090. The van der Waals surface area contributed by atoms with Crippen molar-refractivity contribution >= 4 is 16.9 Å². The number of carbonyl (C=O) groups excluding carboxylic acids is 1. The zero-order chi connectivity index (χ0) is 19.8. The van der Waals surface area contributed by atoms with E-state index in [-0.39, 0.29) is 18.0 Å². The van der Waals surface area contributed by atoms with Gasteiger partial charge >= 0.3 is 0 Å². The predicted octanol–water partition coefficient (Wildman–Crippen LogP) is 2.46. The van der Waals surface area contributed by atoms with Gasteiger partial charge in [0.05, 0.1) is 11.9 Å². The zero-order valence-electron chi connectivity index (χ0n) is 16.6. The largest absolute Gasteiger partial charge is 0.341 e. The van der Waals surface area contributed by atoms with Gasteiger partial charge in [0.1, 0.15) is 18.3 Å². The van der Waals surface area contributed by atoms with Crippen molar-refractivity contribution in [2.24, 2.45) is 5.92 Å². The van der Waals surface area contributed by atoms with E-state index in [0.29, 0.717) is 17.0 Å². The standard InChI is InChI=1S/C21H25N5O2/c1-14-6-8-24(9-7-14)19(27)12-25-13-22-20-17(21(25)28)11-23-26(20)18-5-4-15(2)10-16(18)3/h4-5,10-11,13-14H,6-9,12H2,1-3H3. The third-order valence-electron chi connectivity index (χ3n) is 5.58. The highest BCUT2D eigenvalue weighted by molar-refractivity contribution is 5.78. The van der Waals surface area contributed by atoms with Gasteiger partial charge in [-0.05, 0) is 44.2 Å². The third kappa shape index (κ3) is 3.32. The lowest BCUT2D eigenvalue weighted by Crippen LogP contribution is -2.41. The Balaban J connectivity index is 1.63. The number of carbonyl (C=O) groups is 1. The molecule has 0 bridgehead atoms. The van der Waals surface area contributed by atoms with E-state index in [1.54, 1.807) is 4.68 Å². The summed E-state index contributed by atoms with van der Waals surface area (Å²) in [5.74, 6) is 0.623. The number of piperidine rings is 1. The quantitative estimate of drug-likeness (QED) is 0.701. The van der Waals surface area contributed by atoms with E-state index in [1.807, 2.05) is 30.9 Å². The molecule has 7 nitrogen and oxygen atoms in total. The van der Waals surface area contributed by atoms with Crippen molar-refractivity contribution in [3.8, 4) is 5.69 Å². The molecule has 0 spiro atoms. The van der Waals surface area contributed by atoms with Crippen LogP contribution in [-0.2, 0) is 11.3 Å². The number of amides is 1. The van der Waals surface area contributed by atoms with Gasteiger partial charge in [0.15, 0.2) is 5.65 Å². The van der Waals surface area contributed by atoms with Crippen molar-refractivity contribution in [3.63, 3.8) is 0 Å². The summed E-state index contributed by atoms with van der Waals surface area (Å²) in [5, 5.41) is 4.80. The van der Waals surface area contributed by atoms with Crippen LogP contribution >= 0.6 is 0 Å². The number of fused-ring (bicyclic) bond motifs is 1. The Morgan fingerprint density at radius 2 is 1.96 bits per heavy atom. The van der Waals surface area contributed by atoms with Crippen LogP contribution < -0.4 is 5.56 Å². The highest BCUT2D eigenvalue weighted by Gasteiger charge is 2.21. The molecule has 1 fully saturated rings. The van der Waals surface area contributed by atoms with Crippen LogP contribution in [0, 0.1) is 19.8 Å². The van der Waals surface area contributed by atoms with Crippen LogP contribution in [0.25, 0.3) is 16.7 Å². The van der Waals surface area contributed by atoms with E-state index in [4.69, 9.17) is 0 Å². The topological polar surface area (TPSA) is 73.0 Å². The first-order chi connectivity index (χ1) is 13.4. The van der Waals surface area contributed by atoms with Gasteiger partial charge in [-0.1, -0.05) is 24.6 Å². The Morgan fingerprint density at radius 1 is 1.21 bits per heavy atom. The van der Waals surface area contributed by atoms with Gasteiger partial charge in [0, 0.05) is 13.1 Å². The minimum absolute atomic E-state index is 0.0187. The predicted molar refractivity (Wildman–Crippen MR) is 108 cm³/mol. The summed E-state index contributed by atoms with van der Waals surface area (Å²) >= 11 is 0. The zero-order valence-corrected chi connectivity index (χ0v) is 16.6. The molecular weight excluding hydrogens is 354 g/mol. The summed E-state index contributed by atoms with van der Waals surface area (Å²) in [5.41, 5.74) is 3.39. The summed E-state index contributed by atoms with van der Waals surface area (Å²) in [6, 6.07) is 6.06. The molecule has 0 saturated carbocycles. The van der Waals surface area contributed by atoms with Crippen LogP contribution in [0.1, 0.15) is 30.9 Å². The maximum Gasteiger partial charge on any atom is 0.264 e. The number of aryl methyl sites for hydroxylation is 2. The van der Waals surface area contributed by atoms with Gasteiger partial charge in [-0.15, -0.1) is 0 Å². The average molecular weight is 379 g/mol.